The summed E-state index contributed by atoms with van der Waals surface area (Å²) in [6.45, 7) is 9.35. The maximum absolute atomic E-state index is 3.56. The van der Waals surface area contributed by atoms with Gasteiger partial charge in [0.15, 0.2) is 0 Å². The molecule has 1 unspecified atom stereocenters. The van der Waals surface area contributed by atoms with E-state index < -0.39 is 0 Å². The van der Waals surface area contributed by atoms with Crippen molar-refractivity contribution in [2.75, 3.05) is 5.75 Å². The van der Waals surface area contributed by atoms with Crippen LogP contribution in [0.4, 0.5) is 0 Å². The summed E-state index contributed by atoms with van der Waals surface area (Å²) in [6.07, 6.45) is 18.2. The summed E-state index contributed by atoms with van der Waals surface area (Å²) in [7, 11) is 0. The van der Waals surface area contributed by atoms with Gasteiger partial charge in [-0.1, -0.05) is 44.6 Å². The molecule has 1 radical (unpaired) electrons. The molecule has 1 atom stereocenters. The molecule has 0 aromatic rings. The molecule has 2 aliphatic rings. The van der Waals surface area contributed by atoms with E-state index in [-0.39, 0.29) is 56.7 Å². The van der Waals surface area contributed by atoms with Crippen molar-refractivity contribution < 1.29 is 46.5 Å². The van der Waals surface area contributed by atoms with E-state index in [1.165, 1.54) is 23.3 Å². The molecule has 0 nitrogen and oxygen atoms in total. The third-order valence-corrected chi connectivity index (χ3v) is 6.56. The largest absolute Gasteiger partial charge is 3.00 e. The molecule has 0 amide bonds. The Balaban J connectivity index is 0. The quantitative estimate of drug-likeness (QED) is 0.449. The van der Waals surface area contributed by atoms with E-state index >= 15 is 0 Å². The van der Waals surface area contributed by atoms with Crippen LogP contribution in [0.25, 0.3) is 0 Å². The smallest absolute Gasteiger partial charge is 1.00 e. The van der Waals surface area contributed by atoms with Crippen molar-refractivity contribution in [1.29, 1.82) is 0 Å². The van der Waals surface area contributed by atoms with Crippen LogP contribution in [0.2, 0.25) is 0 Å². The molecule has 2 rings (SSSR count). The number of allylic oxidation sites excluding steroid dienone is 7. The standard InChI is InChI=1S/C18H25S.2ClH.Ti/c1-5-14-19-18(13-9-8-10-15(18)2)17(3,4)16-11-6-7-12-16;;;/h6,8-11H,5,7,13-14H2,1-4H3;2*1H;/q-1;;;+3/p-2. The van der Waals surface area contributed by atoms with Gasteiger partial charge in [0.1, 0.15) is 0 Å². The Bertz CT molecular complexity index is 464. The van der Waals surface area contributed by atoms with Gasteiger partial charge >= 0.3 is 21.7 Å². The zero-order chi connectivity index (χ0) is 13.9. The van der Waals surface area contributed by atoms with Crippen LogP contribution in [0.3, 0.4) is 0 Å². The van der Waals surface area contributed by atoms with Crippen LogP contribution in [0.15, 0.2) is 41.5 Å². The zero-order valence-corrected chi connectivity index (χ0v) is 17.8. The minimum absolute atomic E-state index is 0. The van der Waals surface area contributed by atoms with Crippen LogP contribution in [0.1, 0.15) is 47.0 Å². The number of thioether (sulfide) groups is 1. The summed E-state index contributed by atoms with van der Waals surface area (Å²) in [5, 5.41) is 0. The summed E-state index contributed by atoms with van der Waals surface area (Å²) in [6, 6.07) is 0. The number of hydrogen-bond donors (Lipinski definition) is 0. The molecule has 0 N–H and O–H groups in total. The first kappa shape index (κ1) is 24.9. The average molecular weight is 392 g/mol. The molecule has 0 saturated heterocycles. The van der Waals surface area contributed by atoms with E-state index in [1.54, 1.807) is 0 Å². The molecule has 0 fully saturated rings. The molecule has 4 heteroatoms. The minimum atomic E-state index is 0. The van der Waals surface area contributed by atoms with Crippen LogP contribution in [0.5, 0.6) is 0 Å². The fraction of sp³-hybridized carbons (Fsp3) is 0.556. The summed E-state index contributed by atoms with van der Waals surface area (Å²) >= 11 is 2.13. The van der Waals surface area contributed by atoms with Gasteiger partial charge in [0.05, 0.1) is 0 Å². The predicted molar refractivity (Wildman–Crippen MR) is 87.3 cm³/mol. The normalized spacial score (nSPS) is 22.9. The van der Waals surface area contributed by atoms with Crippen molar-refractivity contribution in [1.82, 2.24) is 0 Å². The number of rotatable bonds is 5. The van der Waals surface area contributed by atoms with Gasteiger partial charge in [-0.05, 0) is 30.9 Å². The monoisotopic (exact) mass is 391 g/mol. The van der Waals surface area contributed by atoms with Gasteiger partial charge in [0.2, 0.25) is 0 Å². The molecule has 0 aromatic heterocycles. The van der Waals surface area contributed by atoms with E-state index in [2.05, 4.69) is 75.9 Å². The van der Waals surface area contributed by atoms with Gasteiger partial charge in [-0.2, -0.15) is 6.08 Å². The Labute approximate surface area is 168 Å². The second-order valence-electron chi connectivity index (χ2n) is 5.98. The molecule has 121 valence electrons. The van der Waals surface area contributed by atoms with E-state index in [1.807, 2.05) is 0 Å². The van der Waals surface area contributed by atoms with Crippen molar-refractivity contribution >= 4 is 11.8 Å². The SMILES string of the molecule is CCCSC1(C(C)(C)C2=[C-]CC=C2)CC=CC=C1C.[Cl-].[Cl-].[Ti+3]. The fourth-order valence-corrected chi connectivity index (χ4v) is 4.70. The summed E-state index contributed by atoms with van der Waals surface area (Å²) in [4.78, 5) is 0. The molecule has 22 heavy (non-hydrogen) atoms. The molecule has 0 saturated carbocycles. The van der Waals surface area contributed by atoms with Gasteiger partial charge in [-0.3, -0.25) is 6.08 Å². The van der Waals surface area contributed by atoms with Crippen LogP contribution in [-0.2, 0) is 21.7 Å². The first-order valence-electron chi connectivity index (χ1n) is 7.30. The van der Waals surface area contributed by atoms with Crippen LogP contribution < -0.4 is 24.8 Å². The topological polar surface area (TPSA) is 0 Å². The molecule has 0 spiro atoms. The average Bonchev–Trinajstić information content (AvgIpc) is 2.92. The fourth-order valence-electron chi connectivity index (χ4n) is 3.17. The van der Waals surface area contributed by atoms with E-state index in [0.29, 0.717) is 0 Å². The zero-order valence-electron chi connectivity index (χ0n) is 13.9. The Hall–Kier alpha value is 0.604. The van der Waals surface area contributed by atoms with Gasteiger partial charge < -0.3 is 24.8 Å². The van der Waals surface area contributed by atoms with Crippen LogP contribution in [0, 0.1) is 11.5 Å². The first-order chi connectivity index (χ1) is 9.04. The van der Waals surface area contributed by atoms with Gasteiger partial charge in [-0.15, -0.1) is 18.2 Å². The Morgan fingerprint density at radius 3 is 2.45 bits per heavy atom. The third kappa shape index (κ3) is 4.57. The maximum atomic E-state index is 3.56. The minimum Gasteiger partial charge on any atom is -1.00 e. The van der Waals surface area contributed by atoms with E-state index in [4.69, 9.17) is 0 Å². The van der Waals surface area contributed by atoms with E-state index in [9.17, 15) is 0 Å². The number of halogens is 2. The van der Waals surface area contributed by atoms with Gasteiger partial charge in [-0.25, -0.2) is 11.6 Å². The molecule has 0 bridgehead atoms. The van der Waals surface area contributed by atoms with Crippen molar-refractivity contribution in [2.45, 2.75) is 51.7 Å². The Morgan fingerprint density at radius 2 is 1.95 bits per heavy atom. The molecule has 0 heterocycles. The second kappa shape index (κ2) is 10.5. The van der Waals surface area contributed by atoms with E-state index in [0.717, 1.165) is 12.8 Å². The third-order valence-electron chi connectivity index (χ3n) is 4.46. The molecular weight excluding hydrogens is 367 g/mol. The Morgan fingerprint density at radius 1 is 1.27 bits per heavy atom. The second-order valence-corrected chi connectivity index (χ2v) is 7.37. The van der Waals surface area contributed by atoms with Crippen molar-refractivity contribution in [2.24, 2.45) is 5.41 Å². The number of hydrogen-bond acceptors (Lipinski definition) is 1. The van der Waals surface area contributed by atoms with Crippen molar-refractivity contribution in [3.8, 4) is 0 Å². The van der Waals surface area contributed by atoms with Crippen LogP contribution in [-0.4, -0.2) is 10.5 Å². The van der Waals surface area contributed by atoms with Gasteiger partial charge in [0, 0.05) is 4.75 Å². The summed E-state index contributed by atoms with van der Waals surface area (Å²) in [5.41, 5.74) is 3.03. The van der Waals surface area contributed by atoms with Gasteiger partial charge in [0.25, 0.3) is 0 Å². The molecular formula is C18H25Cl2STi. The molecule has 0 aliphatic heterocycles. The first-order valence-corrected chi connectivity index (χ1v) is 8.29. The van der Waals surface area contributed by atoms with Crippen molar-refractivity contribution in [3.63, 3.8) is 0 Å². The predicted octanol–water partition coefficient (Wildman–Crippen LogP) is -0.504. The van der Waals surface area contributed by atoms with Crippen molar-refractivity contribution in [3.05, 3.63) is 47.6 Å². The molecule has 0 aromatic carbocycles. The summed E-state index contributed by atoms with van der Waals surface area (Å²) in [5.74, 6) is 1.22. The molecule has 2 aliphatic carbocycles. The maximum Gasteiger partial charge on any atom is 3.00 e. The van der Waals surface area contributed by atoms with Crippen LogP contribution >= 0.6 is 11.8 Å². The summed E-state index contributed by atoms with van der Waals surface area (Å²) < 4.78 is 0.189. The Kier molecular flexibility index (Phi) is 11.8.